The molecular weight excluding hydrogens is 322 g/mol. The van der Waals surface area contributed by atoms with Gasteiger partial charge in [-0.05, 0) is 25.3 Å². The van der Waals surface area contributed by atoms with E-state index in [1.807, 2.05) is 25.1 Å². The molecular formula is C18H21N3O2S. The van der Waals surface area contributed by atoms with E-state index in [1.54, 1.807) is 4.57 Å². The largest absolute Gasteiger partial charge is 0.354 e. The number of benzene rings is 1. The number of thioether (sulfide) groups is 1. The van der Waals surface area contributed by atoms with Crippen LogP contribution in [0, 0.1) is 0 Å². The first kappa shape index (κ1) is 16.8. The number of carbonyl (C=O) groups excluding carboxylic acids is 1. The van der Waals surface area contributed by atoms with Gasteiger partial charge in [0, 0.05) is 30.5 Å². The molecule has 1 aromatic carbocycles. The highest BCUT2D eigenvalue weighted by molar-refractivity contribution is 7.99. The van der Waals surface area contributed by atoms with Gasteiger partial charge in [0.2, 0.25) is 5.91 Å². The highest BCUT2D eigenvalue weighted by Gasteiger charge is 2.27. The highest BCUT2D eigenvalue weighted by atomic mass is 32.2. The Bertz CT molecular complexity index is 760. The first-order chi connectivity index (χ1) is 11.6. The predicted octanol–water partition coefficient (Wildman–Crippen LogP) is 2.42. The molecule has 1 aliphatic heterocycles. The van der Waals surface area contributed by atoms with Gasteiger partial charge in [-0.3, -0.25) is 14.2 Å². The molecule has 0 saturated heterocycles. The Morgan fingerprint density at radius 2 is 2.17 bits per heavy atom. The maximum Gasteiger partial charge on any atom is 0.254 e. The Kier molecular flexibility index (Phi) is 5.35. The lowest BCUT2D eigenvalue weighted by molar-refractivity contribution is -0.122. The molecule has 0 saturated carbocycles. The van der Waals surface area contributed by atoms with E-state index in [2.05, 4.69) is 22.4 Å². The van der Waals surface area contributed by atoms with Crippen molar-refractivity contribution in [1.82, 2.24) is 14.9 Å². The number of carbonyl (C=O) groups is 1. The fraction of sp³-hybridized carbons (Fsp3) is 0.389. The van der Waals surface area contributed by atoms with E-state index in [9.17, 15) is 9.59 Å². The van der Waals surface area contributed by atoms with Crippen LogP contribution in [0.2, 0.25) is 0 Å². The Hall–Kier alpha value is -2.08. The van der Waals surface area contributed by atoms with Crippen molar-refractivity contribution in [3.8, 4) is 0 Å². The standard InChI is InChI=1S/C18H21N3O2S/c1-13(7-8-14-5-3-2-4-6-14)20-16(22)11-15-12-24-18-19-10-9-17(23)21(15)18/h2-6,9-10,13,15H,7-8,11-12H2,1H3,(H,20,22). The predicted molar refractivity (Wildman–Crippen MR) is 95.2 cm³/mol. The minimum Gasteiger partial charge on any atom is -0.354 e. The summed E-state index contributed by atoms with van der Waals surface area (Å²) in [4.78, 5) is 28.4. The Morgan fingerprint density at radius 3 is 2.96 bits per heavy atom. The SMILES string of the molecule is CC(CCc1ccccc1)NC(=O)CC1CSc2nccc(=O)n21. The summed E-state index contributed by atoms with van der Waals surface area (Å²) < 4.78 is 1.64. The van der Waals surface area contributed by atoms with E-state index in [4.69, 9.17) is 0 Å². The third-order valence-corrected chi connectivity index (χ3v) is 5.26. The molecule has 24 heavy (non-hydrogen) atoms. The molecule has 1 aliphatic rings. The van der Waals surface area contributed by atoms with Gasteiger partial charge in [-0.2, -0.15) is 0 Å². The molecule has 0 spiro atoms. The van der Waals surface area contributed by atoms with E-state index in [0.29, 0.717) is 11.6 Å². The van der Waals surface area contributed by atoms with Gasteiger partial charge in [-0.25, -0.2) is 4.98 Å². The molecule has 0 aliphatic carbocycles. The van der Waals surface area contributed by atoms with E-state index in [1.165, 1.54) is 29.6 Å². The Labute approximate surface area is 145 Å². The molecule has 126 valence electrons. The van der Waals surface area contributed by atoms with Gasteiger partial charge >= 0.3 is 0 Å². The van der Waals surface area contributed by atoms with Crippen molar-refractivity contribution < 1.29 is 4.79 Å². The lowest BCUT2D eigenvalue weighted by Crippen LogP contribution is -2.35. The summed E-state index contributed by atoms with van der Waals surface area (Å²) in [6.45, 7) is 2.02. The third-order valence-electron chi connectivity index (χ3n) is 4.15. The van der Waals surface area contributed by atoms with Crippen LogP contribution in [0.3, 0.4) is 0 Å². The van der Waals surface area contributed by atoms with Crippen molar-refractivity contribution in [3.05, 3.63) is 58.5 Å². The number of rotatable bonds is 6. The fourth-order valence-corrected chi connectivity index (χ4v) is 4.01. The summed E-state index contributed by atoms with van der Waals surface area (Å²) in [7, 11) is 0. The first-order valence-corrected chi connectivity index (χ1v) is 9.15. The first-order valence-electron chi connectivity index (χ1n) is 8.17. The van der Waals surface area contributed by atoms with E-state index >= 15 is 0 Å². The highest BCUT2D eigenvalue weighted by Crippen LogP contribution is 2.31. The van der Waals surface area contributed by atoms with Gasteiger partial charge in [-0.15, -0.1) is 0 Å². The lowest BCUT2D eigenvalue weighted by atomic mass is 10.1. The second-order valence-electron chi connectivity index (χ2n) is 6.10. The molecule has 2 aromatic rings. The smallest absolute Gasteiger partial charge is 0.254 e. The van der Waals surface area contributed by atoms with Crippen LogP contribution in [0.4, 0.5) is 0 Å². The lowest BCUT2D eigenvalue weighted by Gasteiger charge is -2.17. The summed E-state index contributed by atoms with van der Waals surface area (Å²) in [6, 6.07) is 11.7. The monoisotopic (exact) mass is 343 g/mol. The molecule has 2 atom stereocenters. The summed E-state index contributed by atoms with van der Waals surface area (Å²) in [5.41, 5.74) is 1.19. The molecule has 0 bridgehead atoms. The van der Waals surface area contributed by atoms with Crippen LogP contribution in [-0.4, -0.2) is 27.3 Å². The zero-order chi connectivity index (χ0) is 16.9. The number of aryl methyl sites for hydroxylation is 1. The van der Waals surface area contributed by atoms with Crippen molar-refractivity contribution in [1.29, 1.82) is 0 Å². The topological polar surface area (TPSA) is 64.0 Å². The number of nitrogens with zero attached hydrogens (tertiary/aromatic N) is 2. The molecule has 5 nitrogen and oxygen atoms in total. The van der Waals surface area contributed by atoms with Gasteiger partial charge in [0.05, 0.1) is 6.04 Å². The second kappa shape index (κ2) is 7.66. The van der Waals surface area contributed by atoms with Crippen molar-refractivity contribution >= 4 is 17.7 Å². The van der Waals surface area contributed by atoms with Crippen molar-refractivity contribution in [2.75, 3.05) is 5.75 Å². The number of hydrogen-bond acceptors (Lipinski definition) is 4. The zero-order valence-electron chi connectivity index (χ0n) is 13.6. The van der Waals surface area contributed by atoms with Crippen molar-refractivity contribution in [2.45, 2.75) is 43.4 Å². The van der Waals surface area contributed by atoms with E-state index < -0.39 is 0 Å². The molecule has 2 unspecified atom stereocenters. The summed E-state index contributed by atoms with van der Waals surface area (Å²) in [5.74, 6) is 0.711. The molecule has 2 heterocycles. The number of aromatic nitrogens is 2. The van der Waals surface area contributed by atoms with Gasteiger partial charge in [-0.1, -0.05) is 42.1 Å². The van der Waals surface area contributed by atoms with Crippen LogP contribution in [0.5, 0.6) is 0 Å². The van der Waals surface area contributed by atoms with Crippen LogP contribution in [-0.2, 0) is 11.2 Å². The number of nitrogens with one attached hydrogen (secondary N) is 1. The van der Waals surface area contributed by atoms with Gasteiger partial charge in [0.15, 0.2) is 5.16 Å². The van der Waals surface area contributed by atoms with Crippen LogP contribution in [0.25, 0.3) is 0 Å². The molecule has 1 aromatic heterocycles. The molecule has 1 N–H and O–H groups in total. The zero-order valence-corrected chi connectivity index (χ0v) is 14.5. The number of hydrogen-bond donors (Lipinski definition) is 1. The van der Waals surface area contributed by atoms with Gasteiger partial charge in [0.1, 0.15) is 0 Å². The third kappa shape index (κ3) is 4.06. The average molecular weight is 343 g/mol. The van der Waals surface area contributed by atoms with Gasteiger partial charge in [0.25, 0.3) is 5.56 Å². The molecule has 1 amide bonds. The fourth-order valence-electron chi connectivity index (χ4n) is 2.89. The van der Waals surface area contributed by atoms with Crippen molar-refractivity contribution in [3.63, 3.8) is 0 Å². The molecule has 0 fully saturated rings. The van der Waals surface area contributed by atoms with Gasteiger partial charge < -0.3 is 5.32 Å². The van der Waals surface area contributed by atoms with E-state index in [-0.39, 0.29) is 23.6 Å². The Balaban J connectivity index is 1.51. The average Bonchev–Trinajstić information content (AvgIpc) is 2.98. The Morgan fingerprint density at radius 1 is 1.38 bits per heavy atom. The van der Waals surface area contributed by atoms with Crippen LogP contribution < -0.4 is 10.9 Å². The minimum absolute atomic E-state index is 0.00948. The number of amides is 1. The summed E-state index contributed by atoms with van der Waals surface area (Å²) in [5, 5.41) is 3.75. The molecule has 3 rings (SSSR count). The summed E-state index contributed by atoms with van der Waals surface area (Å²) >= 11 is 1.53. The normalized spacial score (nSPS) is 17.3. The second-order valence-corrected chi connectivity index (χ2v) is 7.08. The van der Waals surface area contributed by atoms with E-state index in [0.717, 1.165) is 18.6 Å². The van der Waals surface area contributed by atoms with Crippen LogP contribution in [0.15, 0.2) is 52.5 Å². The number of fused-ring (bicyclic) bond motifs is 1. The van der Waals surface area contributed by atoms with Crippen LogP contribution in [0.1, 0.15) is 31.4 Å². The van der Waals surface area contributed by atoms with Crippen molar-refractivity contribution in [2.24, 2.45) is 0 Å². The minimum atomic E-state index is -0.104. The molecule has 0 radical (unpaired) electrons. The quantitative estimate of drug-likeness (QED) is 0.818. The maximum atomic E-state index is 12.3. The van der Waals surface area contributed by atoms with Crippen LogP contribution >= 0.6 is 11.8 Å². The maximum absolute atomic E-state index is 12.3. The summed E-state index contributed by atoms with van der Waals surface area (Å²) in [6.07, 6.45) is 3.68. The molecule has 6 heteroatoms.